The van der Waals surface area contributed by atoms with Crippen LogP contribution in [0.1, 0.15) is 12.5 Å². The number of likely N-dealkylation sites (N-methyl/N-ethyl adjacent to an activating group) is 1. The van der Waals surface area contributed by atoms with E-state index in [0.29, 0.717) is 13.2 Å². The number of hydrogen-bond donors (Lipinski definition) is 1. The molecule has 0 spiro atoms. The molecule has 1 heterocycles. The number of anilines is 1. The molecule has 1 aromatic carbocycles. The van der Waals surface area contributed by atoms with Gasteiger partial charge in [0.1, 0.15) is 6.04 Å². The maximum Gasteiger partial charge on any atom is 0.245 e. The molecule has 1 aromatic rings. The molecule has 0 saturated heterocycles. The number of nitrogens with one attached hydrogen (secondary N) is 1. The Morgan fingerprint density at radius 3 is 2.94 bits per heavy atom. The summed E-state index contributed by atoms with van der Waals surface area (Å²) < 4.78 is 5.03. The minimum absolute atomic E-state index is 0.126. The van der Waals surface area contributed by atoms with E-state index in [2.05, 4.69) is 11.4 Å². The van der Waals surface area contributed by atoms with Crippen LogP contribution in [-0.2, 0) is 16.0 Å². The van der Waals surface area contributed by atoms with Crippen LogP contribution in [0.4, 0.5) is 5.69 Å². The van der Waals surface area contributed by atoms with Crippen molar-refractivity contribution >= 4 is 11.6 Å². The van der Waals surface area contributed by atoms with Gasteiger partial charge in [-0.05, 0) is 18.6 Å². The highest BCUT2D eigenvalue weighted by atomic mass is 16.5. The largest absolute Gasteiger partial charge is 0.383 e. The fourth-order valence-electron chi connectivity index (χ4n) is 2.29. The van der Waals surface area contributed by atoms with Gasteiger partial charge >= 0.3 is 0 Å². The molecular formula is C14H20N2O2. The second-order valence-corrected chi connectivity index (χ2v) is 4.47. The number of carbonyl (C=O) groups is 1. The van der Waals surface area contributed by atoms with Crippen LogP contribution in [0.3, 0.4) is 0 Å². The van der Waals surface area contributed by atoms with Crippen molar-refractivity contribution in [2.24, 2.45) is 0 Å². The number of fused-ring (bicyclic) bond motifs is 1. The number of nitrogens with zero attached hydrogens (tertiary/aromatic N) is 1. The van der Waals surface area contributed by atoms with E-state index in [1.165, 1.54) is 5.56 Å². The Balaban J connectivity index is 1.99. The summed E-state index contributed by atoms with van der Waals surface area (Å²) in [6, 6.07) is 7.96. The van der Waals surface area contributed by atoms with Crippen LogP contribution in [-0.4, -0.2) is 43.7 Å². The van der Waals surface area contributed by atoms with Crippen LogP contribution in [0.2, 0.25) is 0 Å². The van der Waals surface area contributed by atoms with Gasteiger partial charge in [-0.1, -0.05) is 18.2 Å². The molecule has 0 radical (unpaired) electrons. The summed E-state index contributed by atoms with van der Waals surface area (Å²) in [5.41, 5.74) is 2.30. The fourth-order valence-corrected chi connectivity index (χ4v) is 2.29. The second-order valence-electron chi connectivity index (χ2n) is 4.47. The molecule has 0 saturated carbocycles. The highest BCUT2D eigenvalue weighted by Gasteiger charge is 2.29. The molecule has 1 aliphatic rings. The monoisotopic (exact) mass is 248 g/mol. The van der Waals surface area contributed by atoms with E-state index in [1.54, 1.807) is 7.11 Å². The van der Waals surface area contributed by atoms with Crippen molar-refractivity contribution < 1.29 is 9.53 Å². The maximum absolute atomic E-state index is 12.4. The normalized spacial score (nSPS) is 17.1. The van der Waals surface area contributed by atoms with Crippen LogP contribution < -0.4 is 5.32 Å². The van der Waals surface area contributed by atoms with E-state index in [9.17, 15) is 4.79 Å². The first kappa shape index (κ1) is 12.9. The molecule has 98 valence electrons. The molecule has 1 amide bonds. The number of methoxy groups -OCH3 is 1. The summed E-state index contributed by atoms with van der Waals surface area (Å²) in [4.78, 5) is 14.2. The third kappa shape index (κ3) is 2.64. The Morgan fingerprint density at radius 1 is 1.50 bits per heavy atom. The van der Waals surface area contributed by atoms with Gasteiger partial charge < -0.3 is 15.0 Å². The van der Waals surface area contributed by atoms with Crippen molar-refractivity contribution in [2.45, 2.75) is 19.4 Å². The summed E-state index contributed by atoms with van der Waals surface area (Å²) in [6.07, 6.45) is 0.776. The third-order valence-electron chi connectivity index (χ3n) is 3.33. The number of amides is 1. The molecule has 0 aromatic heterocycles. The maximum atomic E-state index is 12.4. The van der Waals surface area contributed by atoms with E-state index >= 15 is 0 Å². The van der Waals surface area contributed by atoms with Crippen LogP contribution in [0, 0.1) is 0 Å². The Hall–Kier alpha value is -1.55. The molecule has 0 bridgehead atoms. The van der Waals surface area contributed by atoms with Crippen molar-refractivity contribution in [3.05, 3.63) is 29.8 Å². The van der Waals surface area contributed by atoms with Crippen molar-refractivity contribution in [3.8, 4) is 0 Å². The highest BCUT2D eigenvalue weighted by Crippen LogP contribution is 2.25. The Morgan fingerprint density at radius 2 is 2.28 bits per heavy atom. The van der Waals surface area contributed by atoms with Crippen LogP contribution in [0.25, 0.3) is 0 Å². The average molecular weight is 248 g/mol. The first-order valence-corrected chi connectivity index (χ1v) is 6.38. The molecule has 4 heteroatoms. The molecule has 1 N–H and O–H groups in total. The minimum Gasteiger partial charge on any atom is -0.383 e. The molecular weight excluding hydrogens is 228 g/mol. The molecule has 2 rings (SSSR count). The quantitative estimate of drug-likeness (QED) is 0.859. The summed E-state index contributed by atoms with van der Waals surface area (Å²) in [6.45, 7) is 3.95. The van der Waals surface area contributed by atoms with Gasteiger partial charge in [-0.15, -0.1) is 0 Å². The van der Waals surface area contributed by atoms with Crippen molar-refractivity contribution in [3.63, 3.8) is 0 Å². The SMILES string of the molecule is CCN(CCOC)C(=O)C1Cc2ccccc2N1. The van der Waals surface area contributed by atoms with E-state index < -0.39 is 0 Å². The zero-order valence-electron chi connectivity index (χ0n) is 11.0. The predicted molar refractivity (Wildman–Crippen MR) is 71.7 cm³/mol. The van der Waals surface area contributed by atoms with Gasteiger partial charge in [-0.25, -0.2) is 0 Å². The van der Waals surface area contributed by atoms with Crippen molar-refractivity contribution in [1.29, 1.82) is 0 Å². The van der Waals surface area contributed by atoms with Gasteiger partial charge in [0.25, 0.3) is 0 Å². The lowest BCUT2D eigenvalue weighted by Gasteiger charge is -2.24. The number of para-hydroxylation sites is 1. The number of hydrogen-bond acceptors (Lipinski definition) is 3. The summed E-state index contributed by atoms with van der Waals surface area (Å²) in [5, 5.41) is 3.29. The molecule has 1 atom stereocenters. The second kappa shape index (κ2) is 5.87. The van der Waals surface area contributed by atoms with Crippen LogP contribution in [0.15, 0.2) is 24.3 Å². The number of benzene rings is 1. The first-order valence-electron chi connectivity index (χ1n) is 6.38. The first-order chi connectivity index (χ1) is 8.76. The van der Waals surface area contributed by atoms with E-state index in [-0.39, 0.29) is 11.9 Å². The lowest BCUT2D eigenvalue weighted by atomic mass is 10.1. The number of ether oxygens (including phenoxy) is 1. The fraction of sp³-hybridized carbons (Fsp3) is 0.500. The van der Waals surface area contributed by atoms with Crippen LogP contribution >= 0.6 is 0 Å². The summed E-state index contributed by atoms with van der Waals surface area (Å²) in [7, 11) is 1.65. The minimum atomic E-state index is -0.126. The lowest BCUT2D eigenvalue weighted by Crippen LogP contribution is -2.43. The molecule has 0 fully saturated rings. The van der Waals surface area contributed by atoms with E-state index in [0.717, 1.165) is 18.7 Å². The van der Waals surface area contributed by atoms with E-state index in [1.807, 2.05) is 30.0 Å². The van der Waals surface area contributed by atoms with Gasteiger partial charge in [-0.3, -0.25) is 4.79 Å². The standard InChI is InChI=1S/C14H20N2O2/c1-3-16(8-9-18-2)14(17)13-10-11-6-4-5-7-12(11)15-13/h4-7,13,15H,3,8-10H2,1-2H3. The zero-order chi connectivity index (χ0) is 13.0. The number of rotatable bonds is 5. The summed E-state index contributed by atoms with van der Waals surface area (Å²) in [5.74, 6) is 0.158. The van der Waals surface area contributed by atoms with Gasteiger partial charge in [0, 0.05) is 32.3 Å². The average Bonchev–Trinajstić information content (AvgIpc) is 2.83. The van der Waals surface area contributed by atoms with Gasteiger partial charge in [-0.2, -0.15) is 0 Å². The third-order valence-corrected chi connectivity index (χ3v) is 3.33. The van der Waals surface area contributed by atoms with Gasteiger partial charge in [0.2, 0.25) is 5.91 Å². The van der Waals surface area contributed by atoms with E-state index in [4.69, 9.17) is 4.74 Å². The zero-order valence-corrected chi connectivity index (χ0v) is 11.0. The Kier molecular flexibility index (Phi) is 4.20. The van der Waals surface area contributed by atoms with Crippen molar-refractivity contribution in [1.82, 2.24) is 4.90 Å². The predicted octanol–water partition coefficient (Wildman–Crippen LogP) is 1.52. The summed E-state index contributed by atoms with van der Waals surface area (Å²) >= 11 is 0. The Bertz CT molecular complexity index is 395. The molecule has 1 aliphatic heterocycles. The van der Waals surface area contributed by atoms with Crippen LogP contribution in [0.5, 0.6) is 0 Å². The van der Waals surface area contributed by atoms with Crippen molar-refractivity contribution in [2.75, 3.05) is 32.1 Å². The molecule has 4 nitrogen and oxygen atoms in total. The topological polar surface area (TPSA) is 41.6 Å². The molecule has 0 aliphatic carbocycles. The number of carbonyl (C=O) groups excluding carboxylic acids is 1. The molecule has 18 heavy (non-hydrogen) atoms. The molecule has 1 unspecified atom stereocenters. The Labute approximate surface area is 108 Å². The smallest absolute Gasteiger partial charge is 0.245 e. The lowest BCUT2D eigenvalue weighted by molar-refractivity contribution is -0.132. The van der Waals surface area contributed by atoms with Gasteiger partial charge in [0.05, 0.1) is 6.61 Å². The highest BCUT2D eigenvalue weighted by molar-refractivity contribution is 5.87. The van der Waals surface area contributed by atoms with Gasteiger partial charge in [0.15, 0.2) is 0 Å².